The lowest BCUT2D eigenvalue weighted by Crippen LogP contribution is -2.49. The molecule has 1 atom stereocenters. The molecule has 1 fully saturated rings. The normalized spacial score (nSPS) is 29.4. The van der Waals surface area contributed by atoms with Gasteiger partial charge in [0.1, 0.15) is 5.75 Å². The lowest BCUT2D eigenvalue weighted by atomic mass is 9.81. The van der Waals surface area contributed by atoms with E-state index < -0.39 is 0 Å². The molecule has 1 radical (unpaired) electrons. The minimum absolute atomic E-state index is 0.104. The molecule has 1 spiro atoms. The third-order valence-electron chi connectivity index (χ3n) is 4.60. The van der Waals surface area contributed by atoms with E-state index in [2.05, 4.69) is 16.0 Å². The van der Waals surface area contributed by atoms with Crippen molar-refractivity contribution in [1.29, 1.82) is 0 Å². The van der Waals surface area contributed by atoms with Crippen LogP contribution in [0.2, 0.25) is 0 Å². The third kappa shape index (κ3) is 1.20. The largest absolute Gasteiger partial charge is 0.508 e. The summed E-state index contributed by atoms with van der Waals surface area (Å²) in [6.45, 7) is 0. The van der Waals surface area contributed by atoms with Gasteiger partial charge in [-0.1, -0.05) is 4.90 Å². The van der Waals surface area contributed by atoms with Gasteiger partial charge in [0.05, 0.1) is 6.20 Å². The number of aryl methyl sites for hydroxylation is 1. The molecular formula is C15H16N2O+. The highest BCUT2D eigenvalue weighted by molar-refractivity contribution is 5.69. The first kappa shape index (κ1) is 10.3. The predicted octanol–water partition coefficient (Wildman–Crippen LogP) is 2.74. The SMILES string of the molecule is Oc1ccc2c(c1)CCC21CCCC2=CN=C[N+]21. The molecule has 3 nitrogen and oxygen atoms in total. The van der Waals surface area contributed by atoms with Crippen molar-refractivity contribution in [3.8, 4) is 5.75 Å². The van der Waals surface area contributed by atoms with Crippen molar-refractivity contribution in [2.24, 2.45) is 4.99 Å². The summed E-state index contributed by atoms with van der Waals surface area (Å²) in [5.41, 5.74) is 4.14. The Balaban J connectivity index is 1.87. The standard InChI is InChI=1S/C15H16N2O/c18-13-3-4-14-11(8-13)5-7-15(14)6-1-2-12-9-16-10-17(12)15/h3-4,8-10,18H,1-2,5-7H2/q+1. The molecule has 1 aliphatic carbocycles. The molecule has 2 aliphatic heterocycles. The minimum atomic E-state index is 0.104. The van der Waals surface area contributed by atoms with Crippen molar-refractivity contribution >= 4 is 6.34 Å². The maximum atomic E-state index is 9.62. The summed E-state index contributed by atoms with van der Waals surface area (Å²) in [6.07, 6.45) is 9.72. The highest BCUT2D eigenvalue weighted by Crippen LogP contribution is 2.49. The van der Waals surface area contributed by atoms with Crippen molar-refractivity contribution in [2.45, 2.75) is 37.6 Å². The van der Waals surface area contributed by atoms with Crippen LogP contribution in [-0.2, 0) is 12.0 Å². The Labute approximate surface area is 106 Å². The summed E-state index contributed by atoms with van der Waals surface area (Å²) < 4.78 is 0. The Morgan fingerprint density at radius 1 is 1.22 bits per heavy atom. The van der Waals surface area contributed by atoms with Crippen LogP contribution in [0.4, 0.5) is 0 Å². The third-order valence-corrected chi connectivity index (χ3v) is 4.60. The summed E-state index contributed by atoms with van der Waals surface area (Å²) in [7, 11) is 0. The Kier molecular flexibility index (Phi) is 1.98. The van der Waals surface area contributed by atoms with Gasteiger partial charge in [-0.05, 0) is 36.6 Å². The average molecular weight is 240 g/mol. The fraction of sp³-hybridized carbons (Fsp3) is 0.400. The number of benzene rings is 1. The molecule has 0 amide bonds. The van der Waals surface area contributed by atoms with Crippen LogP contribution in [0.25, 0.3) is 0 Å². The molecule has 1 unspecified atom stereocenters. The number of phenolic OH excluding ortho intramolecular Hbond substituents is 1. The topological polar surface area (TPSA) is 38.5 Å². The van der Waals surface area contributed by atoms with Gasteiger partial charge in [-0.25, -0.2) is 4.99 Å². The van der Waals surface area contributed by atoms with Crippen LogP contribution in [0.3, 0.4) is 0 Å². The van der Waals surface area contributed by atoms with E-state index >= 15 is 0 Å². The fourth-order valence-electron chi connectivity index (χ4n) is 3.80. The number of nitrogens with zero attached hydrogens (tertiary/aromatic N) is 2. The van der Waals surface area contributed by atoms with Crippen LogP contribution >= 0.6 is 0 Å². The number of fused-ring (bicyclic) bond motifs is 4. The van der Waals surface area contributed by atoms with Crippen LogP contribution in [0, 0.1) is 0 Å². The van der Waals surface area contributed by atoms with Crippen molar-refractivity contribution in [3.63, 3.8) is 0 Å². The summed E-state index contributed by atoms with van der Waals surface area (Å²) in [5.74, 6) is 0.382. The molecule has 1 N–H and O–H groups in total. The van der Waals surface area contributed by atoms with Gasteiger partial charge in [-0.3, -0.25) is 0 Å². The van der Waals surface area contributed by atoms with Gasteiger partial charge in [0.25, 0.3) is 0 Å². The molecule has 1 aromatic carbocycles. The van der Waals surface area contributed by atoms with Gasteiger partial charge in [0.2, 0.25) is 6.34 Å². The smallest absolute Gasteiger partial charge is 0.245 e. The molecule has 3 heteroatoms. The fourth-order valence-corrected chi connectivity index (χ4v) is 3.80. The molecule has 2 heterocycles. The first-order chi connectivity index (χ1) is 8.79. The average Bonchev–Trinajstić information content (AvgIpc) is 2.96. The number of aliphatic imine (C=N–C) groups is 1. The molecule has 0 bridgehead atoms. The van der Waals surface area contributed by atoms with E-state index in [0.29, 0.717) is 5.75 Å². The van der Waals surface area contributed by atoms with Gasteiger partial charge in [-0.2, -0.15) is 0 Å². The molecule has 0 aromatic heterocycles. The Morgan fingerprint density at radius 2 is 2.17 bits per heavy atom. The van der Waals surface area contributed by atoms with Gasteiger partial charge in [0, 0.05) is 24.8 Å². The number of allylic oxidation sites excluding steroid dienone is 1. The zero-order chi connectivity index (χ0) is 12.2. The molecule has 4 rings (SSSR count). The lowest BCUT2D eigenvalue weighted by Gasteiger charge is -2.33. The first-order valence-electron chi connectivity index (χ1n) is 6.64. The van der Waals surface area contributed by atoms with Crippen molar-refractivity contribution in [1.82, 2.24) is 4.90 Å². The first-order valence-corrected chi connectivity index (χ1v) is 6.64. The number of hydrogen-bond donors (Lipinski definition) is 1. The zero-order valence-corrected chi connectivity index (χ0v) is 10.3. The Bertz CT molecular complexity index is 576. The van der Waals surface area contributed by atoms with E-state index in [0.717, 1.165) is 19.3 Å². The maximum absolute atomic E-state index is 9.62. The monoisotopic (exact) mass is 240 g/mol. The summed E-state index contributed by atoms with van der Waals surface area (Å²) in [4.78, 5) is 6.70. The van der Waals surface area contributed by atoms with Crippen LogP contribution in [0.15, 0.2) is 35.1 Å². The second kappa shape index (κ2) is 3.45. The second-order valence-electron chi connectivity index (χ2n) is 5.48. The molecule has 91 valence electrons. The quantitative estimate of drug-likeness (QED) is 0.696. The second-order valence-corrected chi connectivity index (χ2v) is 5.48. The van der Waals surface area contributed by atoms with E-state index in [1.807, 2.05) is 24.7 Å². The van der Waals surface area contributed by atoms with Crippen molar-refractivity contribution in [3.05, 3.63) is 41.2 Å². The predicted molar refractivity (Wildman–Crippen MR) is 70.7 cm³/mol. The van der Waals surface area contributed by atoms with E-state index in [9.17, 15) is 5.11 Å². The number of phenols is 1. The minimum Gasteiger partial charge on any atom is -0.508 e. The van der Waals surface area contributed by atoms with Crippen molar-refractivity contribution < 1.29 is 5.11 Å². The van der Waals surface area contributed by atoms with Gasteiger partial charge >= 0.3 is 0 Å². The molecule has 1 aromatic rings. The summed E-state index contributed by atoms with van der Waals surface area (Å²) in [6, 6.07) is 5.85. The lowest BCUT2D eigenvalue weighted by molar-refractivity contribution is 0.241. The van der Waals surface area contributed by atoms with E-state index in [4.69, 9.17) is 0 Å². The number of aromatic hydroxyl groups is 1. The van der Waals surface area contributed by atoms with E-state index in [1.165, 1.54) is 29.7 Å². The van der Waals surface area contributed by atoms with Gasteiger partial charge < -0.3 is 5.11 Å². The van der Waals surface area contributed by atoms with Crippen LogP contribution in [0.1, 0.15) is 36.8 Å². The Morgan fingerprint density at radius 3 is 3.11 bits per heavy atom. The van der Waals surface area contributed by atoms with Crippen LogP contribution in [0.5, 0.6) is 5.75 Å². The maximum Gasteiger partial charge on any atom is 0.245 e. The molecule has 0 saturated carbocycles. The zero-order valence-electron chi connectivity index (χ0n) is 10.3. The van der Waals surface area contributed by atoms with Gasteiger partial charge in [-0.15, -0.1) is 0 Å². The van der Waals surface area contributed by atoms with Crippen LogP contribution < -0.4 is 4.90 Å². The molecule has 1 saturated heterocycles. The summed E-state index contributed by atoms with van der Waals surface area (Å²) >= 11 is 0. The van der Waals surface area contributed by atoms with Gasteiger partial charge in [0.15, 0.2) is 11.2 Å². The molecule has 3 aliphatic rings. The summed E-state index contributed by atoms with van der Waals surface area (Å²) in [5, 5.41) is 9.62. The highest BCUT2D eigenvalue weighted by atomic mass is 16.3. The molecular weight excluding hydrogens is 224 g/mol. The number of rotatable bonds is 0. The molecule has 18 heavy (non-hydrogen) atoms. The van der Waals surface area contributed by atoms with Crippen LogP contribution in [-0.4, -0.2) is 11.4 Å². The van der Waals surface area contributed by atoms with E-state index in [1.54, 1.807) is 0 Å². The highest BCUT2D eigenvalue weighted by Gasteiger charge is 2.55. The number of piperidine rings is 1. The van der Waals surface area contributed by atoms with Crippen molar-refractivity contribution in [2.75, 3.05) is 0 Å². The van der Waals surface area contributed by atoms with E-state index in [-0.39, 0.29) is 5.54 Å². The number of hydrogen-bond acceptors (Lipinski definition) is 3. The Hall–Kier alpha value is -1.61.